The molecule has 0 aliphatic carbocycles. The van der Waals surface area contributed by atoms with Gasteiger partial charge in [-0.25, -0.2) is 8.42 Å². The van der Waals surface area contributed by atoms with Crippen LogP contribution in [0.1, 0.15) is 29.8 Å². The van der Waals surface area contributed by atoms with E-state index in [1.54, 1.807) is 32.0 Å². The Bertz CT molecular complexity index is 1010. The zero-order valence-corrected chi connectivity index (χ0v) is 19.1. The quantitative estimate of drug-likeness (QED) is 0.543. The standard InChI is InChI=1S/C22H27NO7S/c1-15(2)31(26,27)20-8-6-17(7-9-20)22(25)23(14-21(24)30-5)13-16-10-18(28-3)12-19(11-16)29-4/h6-12,15H,13-14H2,1-5H3. The molecule has 0 aliphatic heterocycles. The molecule has 8 nitrogen and oxygen atoms in total. The number of ether oxygens (including phenoxy) is 3. The summed E-state index contributed by atoms with van der Waals surface area (Å²) in [7, 11) is 0.821. The van der Waals surface area contributed by atoms with Crippen molar-refractivity contribution in [2.24, 2.45) is 0 Å². The first kappa shape index (κ1) is 24.2. The summed E-state index contributed by atoms with van der Waals surface area (Å²) in [6.45, 7) is 3.00. The van der Waals surface area contributed by atoms with Gasteiger partial charge in [0.05, 0.1) is 31.5 Å². The van der Waals surface area contributed by atoms with Crippen LogP contribution < -0.4 is 9.47 Å². The molecule has 0 N–H and O–H groups in total. The highest BCUT2D eigenvalue weighted by Crippen LogP contribution is 2.24. The summed E-state index contributed by atoms with van der Waals surface area (Å²) in [6, 6.07) is 10.8. The van der Waals surface area contributed by atoms with E-state index < -0.39 is 27.0 Å². The van der Waals surface area contributed by atoms with E-state index in [1.807, 2.05) is 0 Å². The lowest BCUT2D eigenvalue weighted by atomic mass is 10.1. The average Bonchev–Trinajstić information content (AvgIpc) is 2.77. The molecule has 2 aromatic rings. The minimum Gasteiger partial charge on any atom is -0.497 e. The van der Waals surface area contributed by atoms with E-state index in [0.29, 0.717) is 17.1 Å². The number of hydrogen-bond donors (Lipinski definition) is 0. The monoisotopic (exact) mass is 449 g/mol. The van der Waals surface area contributed by atoms with Crippen LogP contribution in [-0.2, 0) is 25.9 Å². The SMILES string of the molecule is COC(=O)CN(Cc1cc(OC)cc(OC)c1)C(=O)c1ccc(S(=O)(=O)C(C)C)cc1. The normalized spacial score (nSPS) is 11.2. The molecule has 0 atom stereocenters. The van der Waals surface area contributed by atoms with Gasteiger partial charge in [-0.3, -0.25) is 9.59 Å². The third-order valence-electron chi connectivity index (χ3n) is 4.67. The van der Waals surface area contributed by atoms with Gasteiger partial charge in [-0.1, -0.05) is 0 Å². The summed E-state index contributed by atoms with van der Waals surface area (Å²) in [5.41, 5.74) is 0.939. The molecule has 2 rings (SSSR count). The first-order chi connectivity index (χ1) is 14.6. The van der Waals surface area contributed by atoms with Gasteiger partial charge in [-0.05, 0) is 55.8 Å². The molecule has 9 heteroatoms. The third-order valence-corrected chi connectivity index (χ3v) is 6.84. The van der Waals surface area contributed by atoms with Crippen molar-refractivity contribution in [3.8, 4) is 11.5 Å². The maximum Gasteiger partial charge on any atom is 0.325 e. The molecule has 0 aromatic heterocycles. The van der Waals surface area contributed by atoms with E-state index in [0.717, 1.165) is 0 Å². The molecule has 2 aromatic carbocycles. The zero-order valence-electron chi connectivity index (χ0n) is 18.2. The largest absolute Gasteiger partial charge is 0.497 e. The van der Waals surface area contributed by atoms with E-state index in [1.165, 1.54) is 50.5 Å². The number of esters is 1. The topological polar surface area (TPSA) is 99.2 Å². The lowest BCUT2D eigenvalue weighted by molar-refractivity contribution is -0.141. The molecule has 168 valence electrons. The van der Waals surface area contributed by atoms with Crippen molar-refractivity contribution >= 4 is 21.7 Å². The minimum absolute atomic E-state index is 0.0908. The van der Waals surface area contributed by atoms with Crippen molar-refractivity contribution in [1.82, 2.24) is 4.90 Å². The van der Waals surface area contributed by atoms with Crippen molar-refractivity contribution in [3.05, 3.63) is 53.6 Å². The van der Waals surface area contributed by atoms with Crippen LogP contribution in [-0.4, -0.2) is 58.3 Å². The predicted octanol–water partition coefficient (Wildman–Crippen LogP) is 2.70. The summed E-state index contributed by atoms with van der Waals surface area (Å²) < 4.78 is 39.9. The molecule has 0 radical (unpaired) electrons. The van der Waals surface area contributed by atoms with Gasteiger partial charge in [0, 0.05) is 18.2 Å². The zero-order chi connectivity index (χ0) is 23.2. The fraction of sp³-hybridized carbons (Fsp3) is 0.364. The van der Waals surface area contributed by atoms with Crippen LogP contribution in [0.2, 0.25) is 0 Å². The molecule has 1 amide bonds. The van der Waals surface area contributed by atoms with Crippen LogP contribution >= 0.6 is 0 Å². The van der Waals surface area contributed by atoms with Crippen molar-refractivity contribution < 1.29 is 32.2 Å². The van der Waals surface area contributed by atoms with Crippen LogP contribution in [0, 0.1) is 0 Å². The Balaban J connectivity index is 2.35. The van der Waals surface area contributed by atoms with Gasteiger partial charge in [0.25, 0.3) is 5.91 Å². The van der Waals surface area contributed by atoms with Crippen molar-refractivity contribution in [2.45, 2.75) is 30.5 Å². The van der Waals surface area contributed by atoms with Crippen molar-refractivity contribution in [1.29, 1.82) is 0 Å². The Hall–Kier alpha value is -3.07. The molecule has 0 saturated carbocycles. The molecule has 0 heterocycles. The fourth-order valence-electron chi connectivity index (χ4n) is 2.84. The number of sulfone groups is 1. The number of amides is 1. The number of carbonyl (C=O) groups is 2. The van der Waals surface area contributed by atoms with Gasteiger partial charge < -0.3 is 19.1 Å². The van der Waals surface area contributed by atoms with Crippen LogP contribution in [0.25, 0.3) is 0 Å². The highest BCUT2D eigenvalue weighted by Gasteiger charge is 2.23. The van der Waals surface area contributed by atoms with Crippen LogP contribution in [0.15, 0.2) is 47.4 Å². The predicted molar refractivity (Wildman–Crippen MR) is 115 cm³/mol. The highest BCUT2D eigenvalue weighted by molar-refractivity contribution is 7.92. The maximum atomic E-state index is 13.1. The summed E-state index contributed by atoms with van der Waals surface area (Å²) in [6.07, 6.45) is 0. The fourth-order valence-corrected chi connectivity index (χ4v) is 3.90. The summed E-state index contributed by atoms with van der Waals surface area (Å²) in [4.78, 5) is 26.5. The molecule has 0 fully saturated rings. The second-order valence-corrected chi connectivity index (χ2v) is 9.58. The van der Waals surface area contributed by atoms with Gasteiger partial charge in [0.1, 0.15) is 18.0 Å². The lowest BCUT2D eigenvalue weighted by Gasteiger charge is -2.22. The molecule has 0 spiro atoms. The summed E-state index contributed by atoms with van der Waals surface area (Å²) in [5.74, 6) is 0.0639. The molecular formula is C22H27NO7S. The Labute approximate surface area is 182 Å². The number of nitrogens with zero attached hydrogens (tertiary/aromatic N) is 1. The first-order valence-corrected chi connectivity index (χ1v) is 11.1. The van der Waals surface area contributed by atoms with Crippen LogP contribution in [0.5, 0.6) is 11.5 Å². The van der Waals surface area contributed by atoms with Crippen LogP contribution in [0.3, 0.4) is 0 Å². The molecule has 0 saturated heterocycles. The smallest absolute Gasteiger partial charge is 0.325 e. The average molecular weight is 450 g/mol. The highest BCUT2D eigenvalue weighted by atomic mass is 32.2. The third kappa shape index (κ3) is 5.97. The van der Waals surface area contributed by atoms with Gasteiger partial charge in [-0.2, -0.15) is 0 Å². The molecule has 31 heavy (non-hydrogen) atoms. The lowest BCUT2D eigenvalue weighted by Crippen LogP contribution is -2.35. The van der Waals surface area contributed by atoms with Gasteiger partial charge in [0.2, 0.25) is 0 Å². The van der Waals surface area contributed by atoms with Crippen molar-refractivity contribution in [3.63, 3.8) is 0 Å². The minimum atomic E-state index is -3.45. The van der Waals surface area contributed by atoms with E-state index in [4.69, 9.17) is 14.2 Å². The van der Waals surface area contributed by atoms with E-state index in [9.17, 15) is 18.0 Å². The number of rotatable bonds is 9. The Morgan fingerprint density at radius 3 is 1.94 bits per heavy atom. The van der Waals surface area contributed by atoms with E-state index in [-0.39, 0.29) is 23.5 Å². The van der Waals surface area contributed by atoms with Crippen LogP contribution in [0.4, 0.5) is 0 Å². The molecule has 0 bridgehead atoms. The van der Waals surface area contributed by atoms with Gasteiger partial charge >= 0.3 is 5.97 Å². The van der Waals surface area contributed by atoms with E-state index >= 15 is 0 Å². The Kier molecular flexibility index (Phi) is 8.04. The second kappa shape index (κ2) is 10.3. The first-order valence-electron chi connectivity index (χ1n) is 9.54. The number of carbonyl (C=O) groups excluding carboxylic acids is 2. The number of benzene rings is 2. The molecular weight excluding hydrogens is 422 g/mol. The molecule has 0 unspecified atom stereocenters. The van der Waals surface area contributed by atoms with Gasteiger partial charge in [0.15, 0.2) is 9.84 Å². The summed E-state index contributed by atoms with van der Waals surface area (Å²) >= 11 is 0. The second-order valence-electron chi connectivity index (χ2n) is 7.08. The van der Waals surface area contributed by atoms with Gasteiger partial charge in [-0.15, -0.1) is 0 Å². The Morgan fingerprint density at radius 1 is 0.935 bits per heavy atom. The Morgan fingerprint density at radius 2 is 1.48 bits per heavy atom. The number of methoxy groups -OCH3 is 3. The number of hydrogen-bond acceptors (Lipinski definition) is 7. The maximum absolute atomic E-state index is 13.1. The molecule has 0 aliphatic rings. The summed E-state index contributed by atoms with van der Waals surface area (Å²) in [5, 5.41) is -0.576. The van der Waals surface area contributed by atoms with Crippen molar-refractivity contribution in [2.75, 3.05) is 27.9 Å². The van der Waals surface area contributed by atoms with E-state index in [2.05, 4.69) is 0 Å².